The van der Waals surface area contributed by atoms with Gasteiger partial charge in [-0.25, -0.2) is 0 Å². The highest BCUT2D eigenvalue weighted by Gasteiger charge is 2.12. The lowest BCUT2D eigenvalue weighted by molar-refractivity contribution is -0.113. The lowest BCUT2D eigenvalue weighted by Crippen LogP contribution is -2.18. The Morgan fingerprint density at radius 2 is 1.88 bits per heavy atom. The van der Waals surface area contributed by atoms with Crippen molar-refractivity contribution in [3.05, 3.63) is 59.1 Å². The number of hydrogen-bond acceptors (Lipinski definition) is 3. The van der Waals surface area contributed by atoms with E-state index in [4.69, 9.17) is 11.6 Å². The Morgan fingerprint density at radius 3 is 2.58 bits per heavy atom. The molecule has 0 radical (unpaired) electrons. The van der Waals surface area contributed by atoms with Crippen molar-refractivity contribution in [1.82, 2.24) is 0 Å². The summed E-state index contributed by atoms with van der Waals surface area (Å²) in [6.45, 7) is 2.26. The van der Waals surface area contributed by atoms with Crippen molar-refractivity contribution in [2.75, 3.05) is 29.1 Å². The van der Waals surface area contributed by atoms with E-state index in [9.17, 15) is 4.79 Å². The summed E-state index contributed by atoms with van der Waals surface area (Å²) in [5.41, 5.74) is 3.22. The lowest BCUT2D eigenvalue weighted by atomic mass is 10.2. The molecule has 2 aromatic carbocycles. The maximum absolute atomic E-state index is 12.0. The molecule has 0 atom stereocenters. The van der Waals surface area contributed by atoms with Crippen molar-refractivity contribution in [3.8, 4) is 0 Å². The fourth-order valence-corrected chi connectivity index (χ4v) is 3.80. The maximum Gasteiger partial charge on any atom is 0.234 e. The maximum atomic E-state index is 12.0. The normalized spacial score (nSPS) is 14.0. The summed E-state index contributed by atoms with van der Waals surface area (Å²) in [6, 6.07) is 15.9. The van der Waals surface area contributed by atoms with Gasteiger partial charge in [0.25, 0.3) is 0 Å². The van der Waals surface area contributed by atoms with Crippen LogP contribution in [0.15, 0.2) is 48.5 Å². The molecule has 1 fully saturated rings. The molecule has 0 unspecified atom stereocenters. The highest BCUT2D eigenvalue weighted by atomic mass is 35.5. The van der Waals surface area contributed by atoms with Gasteiger partial charge in [0.2, 0.25) is 5.91 Å². The van der Waals surface area contributed by atoms with Gasteiger partial charge in [-0.1, -0.05) is 23.7 Å². The molecule has 0 aromatic heterocycles. The van der Waals surface area contributed by atoms with Crippen LogP contribution in [0.5, 0.6) is 0 Å². The molecule has 2 aromatic rings. The molecule has 1 heterocycles. The van der Waals surface area contributed by atoms with E-state index in [1.165, 1.54) is 18.5 Å². The van der Waals surface area contributed by atoms with Crippen LogP contribution in [-0.4, -0.2) is 24.7 Å². The summed E-state index contributed by atoms with van der Waals surface area (Å²) < 4.78 is 0. The van der Waals surface area contributed by atoms with Gasteiger partial charge in [0.1, 0.15) is 0 Å². The van der Waals surface area contributed by atoms with Crippen molar-refractivity contribution in [2.45, 2.75) is 18.6 Å². The first kappa shape index (κ1) is 17.2. The highest BCUT2D eigenvalue weighted by Crippen LogP contribution is 2.22. The van der Waals surface area contributed by atoms with E-state index in [-0.39, 0.29) is 5.91 Å². The van der Waals surface area contributed by atoms with Crippen LogP contribution >= 0.6 is 23.4 Å². The first-order chi connectivity index (χ1) is 11.7. The van der Waals surface area contributed by atoms with Crippen LogP contribution < -0.4 is 10.2 Å². The van der Waals surface area contributed by atoms with Crippen molar-refractivity contribution in [2.24, 2.45) is 0 Å². The molecule has 0 saturated carbocycles. The minimum Gasteiger partial charge on any atom is -0.372 e. The van der Waals surface area contributed by atoms with Gasteiger partial charge in [0.05, 0.1) is 5.75 Å². The Kier molecular flexibility index (Phi) is 6.05. The van der Waals surface area contributed by atoms with Gasteiger partial charge in [-0.15, -0.1) is 11.8 Å². The van der Waals surface area contributed by atoms with Gasteiger partial charge >= 0.3 is 0 Å². The average Bonchev–Trinajstić information content (AvgIpc) is 3.10. The van der Waals surface area contributed by atoms with E-state index in [0.29, 0.717) is 5.75 Å². The first-order valence-corrected chi connectivity index (χ1v) is 9.71. The van der Waals surface area contributed by atoms with Gasteiger partial charge in [0.15, 0.2) is 0 Å². The molecule has 1 saturated heterocycles. The largest absolute Gasteiger partial charge is 0.372 e. The predicted molar refractivity (Wildman–Crippen MR) is 104 cm³/mol. The molecule has 1 N–H and O–H groups in total. The third kappa shape index (κ3) is 4.92. The van der Waals surface area contributed by atoms with Crippen molar-refractivity contribution >= 4 is 40.6 Å². The molecular weight excluding hydrogens is 340 g/mol. The predicted octanol–water partition coefficient (Wildman–Crippen LogP) is 4.81. The molecule has 3 nitrogen and oxygen atoms in total. The topological polar surface area (TPSA) is 32.3 Å². The second-order valence-electron chi connectivity index (χ2n) is 5.91. The van der Waals surface area contributed by atoms with Gasteiger partial charge in [-0.3, -0.25) is 4.79 Å². The van der Waals surface area contributed by atoms with Gasteiger partial charge in [-0.05, 0) is 54.8 Å². The minimum absolute atomic E-state index is 0.0240. The molecule has 0 spiro atoms. The van der Waals surface area contributed by atoms with Crippen LogP contribution in [0.25, 0.3) is 0 Å². The van der Waals surface area contributed by atoms with Crippen LogP contribution in [0.2, 0.25) is 5.02 Å². The molecule has 24 heavy (non-hydrogen) atoms. The molecule has 1 amide bonds. The number of amides is 1. The van der Waals surface area contributed by atoms with Gasteiger partial charge in [0, 0.05) is 35.2 Å². The number of carbonyl (C=O) groups excluding carboxylic acids is 1. The molecule has 126 valence electrons. The summed E-state index contributed by atoms with van der Waals surface area (Å²) in [7, 11) is 0. The summed E-state index contributed by atoms with van der Waals surface area (Å²) in [4.78, 5) is 14.4. The molecule has 0 aliphatic carbocycles. The molecule has 1 aliphatic heterocycles. The molecule has 5 heteroatoms. The summed E-state index contributed by atoms with van der Waals surface area (Å²) in [5.74, 6) is 1.23. The smallest absolute Gasteiger partial charge is 0.234 e. The van der Waals surface area contributed by atoms with E-state index >= 15 is 0 Å². The Morgan fingerprint density at radius 1 is 1.12 bits per heavy atom. The average molecular weight is 361 g/mol. The Labute approximate surface area is 152 Å². The number of anilines is 2. The van der Waals surface area contributed by atoms with Gasteiger partial charge in [-0.2, -0.15) is 0 Å². The van der Waals surface area contributed by atoms with Crippen LogP contribution in [-0.2, 0) is 10.5 Å². The van der Waals surface area contributed by atoms with E-state index in [1.54, 1.807) is 11.8 Å². The second kappa shape index (κ2) is 8.45. The quantitative estimate of drug-likeness (QED) is 0.802. The summed E-state index contributed by atoms with van der Waals surface area (Å²) in [5, 5.41) is 3.69. The van der Waals surface area contributed by atoms with Crippen molar-refractivity contribution in [1.29, 1.82) is 0 Å². The number of carbonyl (C=O) groups is 1. The fraction of sp³-hybridized carbons (Fsp3) is 0.316. The zero-order valence-electron chi connectivity index (χ0n) is 13.5. The number of halogens is 1. The monoisotopic (exact) mass is 360 g/mol. The fourth-order valence-electron chi connectivity index (χ4n) is 2.82. The van der Waals surface area contributed by atoms with E-state index in [2.05, 4.69) is 22.3 Å². The molecular formula is C19H21ClN2OS. The molecule has 3 rings (SSSR count). The third-order valence-electron chi connectivity index (χ3n) is 4.01. The van der Waals surface area contributed by atoms with E-state index in [0.717, 1.165) is 35.1 Å². The summed E-state index contributed by atoms with van der Waals surface area (Å²) >= 11 is 7.55. The number of rotatable bonds is 6. The van der Waals surface area contributed by atoms with Crippen molar-refractivity contribution < 1.29 is 4.79 Å². The van der Waals surface area contributed by atoms with Crippen molar-refractivity contribution in [3.63, 3.8) is 0 Å². The Bertz CT molecular complexity index is 684. The van der Waals surface area contributed by atoms with E-state index < -0.39 is 0 Å². The first-order valence-electron chi connectivity index (χ1n) is 8.18. The van der Waals surface area contributed by atoms with Crippen LogP contribution in [0.3, 0.4) is 0 Å². The SMILES string of the molecule is O=C(CSCc1cccc(Cl)c1)Nc1ccc(N2CCCC2)cc1. The molecule has 0 bridgehead atoms. The number of benzene rings is 2. The van der Waals surface area contributed by atoms with Crippen LogP contribution in [0, 0.1) is 0 Å². The number of thioether (sulfide) groups is 1. The number of nitrogens with zero attached hydrogens (tertiary/aromatic N) is 1. The Hall–Kier alpha value is -1.65. The standard InChI is InChI=1S/C19H21ClN2OS/c20-16-5-3-4-15(12-16)13-24-14-19(23)21-17-6-8-18(9-7-17)22-10-1-2-11-22/h3-9,12H,1-2,10-11,13-14H2,(H,21,23). The lowest BCUT2D eigenvalue weighted by Gasteiger charge is -2.17. The minimum atomic E-state index is 0.0240. The third-order valence-corrected chi connectivity index (χ3v) is 5.25. The Balaban J connectivity index is 1.44. The van der Waals surface area contributed by atoms with Gasteiger partial charge < -0.3 is 10.2 Å². The zero-order chi connectivity index (χ0) is 16.8. The van der Waals surface area contributed by atoms with Crippen LogP contribution in [0.1, 0.15) is 18.4 Å². The second-order valence-corrected chi connectivity index (χ2v) is 7.33. The molecule has 1 aliphatic rings. The number of nitrogens with one attached hydrogen (secondary N) is 1. The zero-order valence-corrected chi connectivity index (χ0v) is 15.1. The highest BCUT2D eigenvalue weighted by molar-refractivity contribution is 7.99. The van der Waals surface area contributed by atoms with E-state index in [1.807, 2.05) is 36.4 Å². The van der Waals surface area contributed by atoms with Crippen LogP contribution in [0.4, 0.5) is 11.4 Å². The summed E-state index contributed by atoms with van der Waals surface area (Å²) in [6.07, 6.45) is 2.53. The number of hydrogen-bond donors (Lipinski definition) is 1.